The minimum Gasteiger partial charge on any atom is -0.507 e. The van der Waals surface area contributed by atoms with E-state index in [2.05, 4.69) is 0 Å². The van der Waals surface area contributed by atoms with Crippen LogP contribution in [-0.2, 0) is 4.74 Å². The van der Waals surface area contributed by atoms with E-state index in [9.17, 15) is 45.6 Å². The van der Waals surface area contributed by atoms with Gasteiger partial charge in [0.25, 0.3) is 0 Å². The first kappa shape index (κ1) is 22.6. The lowest BCUT2D eigenvalue weighted by Gasteiger charge is -2.40. The van der Waals surface area contributed by atoms with E-state index in [-0.39, 0.29) is 17.1 Å². The van der Waals surface area contributed by atoms with Gasteiger partial charge >= 0.3 is 0 Å². The molecule has 2 aromatic rings. The number of aromatic hydroxyl groups is 4. The standard InChI is InChI=1S/C20H22O11/c1-30-11-3-2-7(4-8(11)22)15(25)13-9(23)5-10(24)14(17(13)27)20-19(29)18(28)16(26)12(6-21)31-20/h2-5,12,16,18-24,26-29H,6H2,1H3/t12-,16-,18+,19-,20+/m1/s1. The zero-order chi connectivity index (χ0) is 23.0. The maximum Gasteiger partial charge on any atom is 0.200 e. The smallest absolute Gasteiger partial charge is 0.200 e. The molecule has 1 aliphatic rings. The molecule has 0 amide bonds. The number of ether oxygens (including phenoxy) is 2. The highest BCUT2D eigenvalue weighted by molar-refractivity contribution is 6.13. The van der Waals surface area contributed by atoms with Gasteiger partial charge in [0.15, 0.2) is 11.5 Å². The van der Waals surface area contributed by atoms with Crippen LogP contribution >= 0.6 is 0 Å². The minimum atomic E-state index is -1.85. The van der Waals surface area contributed by atoms with Gasteiger partial charge < -0.3 is 50.3 Å². The van der Waals surface area contributed by atoms with Gasteiger partial charge in [-0.3, -0.25) is 4.79 Å². The van der Waals surface area contributed by atoms with Crippen LogP contribution < -0.4 is 4.74 Å². The van der Waals surface area contributed by atoms with Gasteiger partial charge in [0.1, 0.15) is 53.3 Å². The van der Waals surface area contributed by atoms with Gasteiger partial charge in [0.2, 0.25) is 5.78 Å². The molecule has 1 heterocycles. The number of rotatable bonds is 5. The summed E-state index contributed by atoms with van der Waals surface area (Å²) in [4.78, 5) is 12.9. The summed E-state index contributed by atoms with van der Waals surface area (Å²) in [5, 5.41) is 80.6. The zero-order valence-corrected chi connectivity index (χ0v) is 16.2. The van der Waals surface area contributed by atoms with E-state index in [4.69, 9.17) is 9.47 Å². The summed E-state index contributed by atoms with van der Waals surface area (Å²) in [6.45, 7) is -0.752. The molecule has 0 aliphatic carbocycles. The van der Waals surface area contributed by atoms with Gasteiger partial charge in [0.05, 0.1) is 19.3 Å². The van der Waals surface area contributed by atoms with Crippen LogP contribution in [0.25, 0.3) is 0 Å². The molecule has 1 aliphatic heterocycles. The summed E-state index contributed by atoms with van der Waals surface area (Å²) in [5.41, 5.74) is -1.36. The number of carbonyl (C=O) groups is 1. The van der Waals surface area contributed by atoms with Crippen molar-refractivity contribution in [2.45, 2.75) is 30.5 Å². The van der Waals surface area contributed by atoms with E-state index in [1.165, 1.54) is 19.2 Å². The first-order valence-electron chi connectivity index (χ1n) is 9.12. The zero-order valence-electron chi connectivity index (χ0n) is 16.2. The summed E-state index contributed by atoms with van der Waals surface area (Å²) in [5.74, 6) is -3.77. The number of phenols is 4. The van der Waals surface area contributed by atoms with E-state index >= 15 is 0 Å². The molecule has 5 atom stereocenters. The highest BCUT2D eigenvalue weighted by atomic mass is 16.5. The monoisotopic (exact) mass is 438 g/mol. The lowest BCUT2D eigenvalue weighted by Crippen LogP contribution is -2.55. The molecule has 0 radical (unpaired) electrons. The Bertz CT molecular complexity index is 988. The van der Waals surface area contributed by atoms with Crippen LogP contribution in [0.4, 0.5) is 0 Å². The Morgan fingerprint density at radius 1 is 0.968 bits per heavy atom. The maximum atomic E-state index is 12.9. The average molecular weight is 438 g/mol. The molecule has 31 heavy (non-hydrogen) atoms. The van der Waals surface area contributed by atoms with E-state index < -0.39 is 71.3 Å². The molecule has 2 aromatic carbocycles. The van der Waals surface area contributed by atoms with E-state index in [0.29, 0.717) is 0 Å². The number of carbonyl (C=O) groups excluding carboxylic acids is 1. The summed E-state index contributed by atoms with van der Waals surface area (Å²) in [7, 11) is 1.31. The molecule has 11 heteroatoms. The third-order valence-electron chi connectivity index (χ3n) is 5.14. The Morgan fingerprint density at radius 2 is 1.65 bits per heavy atom. The largest absolute Gasteiger partial charge is 0.507 e. The first-order valence-corrected chi connectivity index (χ1v) is 9.12. The molecule has 0 spiro atoms. The van der Waals surface area contributed by atoms with Crippen molar-refractivity contribution in [3.63, 3.8) is 0 Å². The Labute approximate surface area is 175 Å². The molecular formula is C20H22O11. The number of hydrogen-bond acceptors (Lipinski definition) is 11. The van der Waals surface area contributed by atoms with Crippen LogP contribution in [0.1, 0.15) is 27.6 Å². The van der Waals surface area contributed by atoms with Crippen molar-refractivity contribution in [2.75, 3.05) is 13.7 Å². The minimum absolute atomic E-state index is 0.0812. The SMILES string of the molecule is COc1ccc(C(=O)c2c(O)cc(O)c([C@@H]3O[C@H](CO)[C@@H](O)[C@H](O)[C@H]3O)c2O)cc1O. The van der Waals surface area contributed by atoms with Gasteiger partial charge in [-0.15, -0.1) is 0 Å². The molecule has 1 fully saturated rings. The third-order valence-corrected chi connectivity index (χ3v) is 5.14. The number of ketones is 1. The van der Waals surface area contributed by atoms with Crippen molar-refractivity contribution in [3.05, 3.63) is 41.0 Å². The molecule has 3 rings (SSSR count). The van der Waals surface area contributed by atoms with Crippen LogP contribution in [0.5, 0.6) is 28.7 Å². The molecule has 0 unspecified atom stereocenters. The predicted molar refractivity (Wildman–Crippen MR) is 102 cm³/mol. The molecule has 1 saturated heterocycles. The number of aliphatic hydroxyl groups is 4. The Hall–Kier alpha value is -3.09. The molecule has 0 bridgehead atoms. The molecule has 168 valence electrons. The van der Waals surface area contributed by atoms with Crippen molar-refractivity contribution in [1.82, 2.24) is 0 Å². The summed E-state index contributed by atoms with van der Waals surface area (Å²) in [6.07, 6.45) is -8.34. The second-order valence-electron chi connectivity index (χ2n) is 7.02. The second kappa shape index (κ2) is 8.57. The maximum absolute atomic E-state index is 12.9. The van der Waals surface area contributed by atoms with Gasteiger partial charge in [-0.2, -0.15) is 0 Å². The van der Waals surface area contributed by atoms with E-state index in [0.717, 1.165) is 12.1 Å². The van der Waals surface area contributed by atoms with Gasteiger partial charge in [0, 0.05) is 11.6 Å². The predicted octanol–water partition coefficient (Wildman–Crippen LogP) is -0.736. The van der Waals surface area contributed by atoms with Crippen molar-refractivity contribution >= 4 is 5.78 Å². The molecule has 0 saturated carbocycles. The highest BCUT2D eigenvalue weighted by Gasteiger charge is 2.46. The third kappa shape index (κ3) is 3.84. The Kier molecular flexibility index (Phi) is 6.25. The number of aliphatic hydroxyl groups excluding tert-OH is 4. The first-order chi connectivity index (χ1) is 14.6. The number of phenolic OH excluding ortho intramolecular Hbond substituents is 4. The lowest BCUT2D eigenvalue weighted by atomic mass is 9.88. The van der Waals surface area contributed by atoms with Gasteiger partial charge in [-0.25, -0.2) is 0 Å². The molecular weight excluding hydrogens is 416 g/mol. The highest BCUT2D eigenvalue weighted by Crippen LogP contribution is 2.46. The van der Waals surface area contributed by atoms with Crippen LogP contribution in [0.3, 0.4) is 0 Å². The summed E-state index contributed by atoms with van der Waals surface area (Å²) in [6, 6.07) is 4.32. The average Bonchev–Trinajstić information content (AvgIpc) is 2.73. The molecule has 8 N–H and O–H groups in total. The Morgan fingerprint density at radius 3 is 2.23 bits per heavy atom. The second-order valence-corrected chi connectivity index (χ2v) is 7.02. The van der Waals surface area contributed by atoms with Gasteiger partial charge in [-0.1, -0.05) is 0 Å². The van der Waals surface area contributed by atoms with Crippen molar-refractivity contribution < 1.29 is 55.1 Å². The van der Waals surface area contributed by atoms with Gasteiger partial charge in [-0.05, 0) is 18.2 Å². The fraction of sp³-hybridized carbons (Fsp3) is 0.350. The quantitative estimate of drug-likeness (QED) is 0.274. The lowest BCUT2D eigenvalue weighted by molar-refractivity contribution is -0.232. The van der Waals surface area contributed by atoms with E-state index in [1.54, 1.807) is 0 Å². The fourth-order valence-electron chi connectivity index (χ4n) is 3.48. The topological polar surface area (TPSA) is 197 Å². The number of hydrogen-bond donors (Lipinski definition) is 8. The molecule has 0 aromatic heterocycles. The van der Waals surface area contributed by atoms with E-state index in [1.807, 2.05) is 0 Å². The van der Waals surface area contributed by atoms with Crippen LogP contribution in [-0.4, -0.2) is 84.8 Å². The van der Waals surface area contributed by atoms with Crippen LogP contribution in [0, 0.1) is 0 Å². The summed E-state index contributed by atoms with van der Waals surface area (Å²) >= 11 is 0. The normalized spacial score (nSPS) is 25.9. The van der Waals surface area contributed by atoms with Crippen LogP contribution in [0.2, 0.25) is 0 Å². The van der Waals surface area contributed by atoms with Crippen LogP contribution in [0.15, 0.2) is 24.3 Å². The number of methoxy groups -OCH3 is 1. The van der Waals surface area contributed by atoms with Crippen molar-refractivity contribution in [1.29, 1.82) is 0 Å². The molecule has 11 nitrogen and oxygen atoms in total. The summed E-state index contributed by atoms with van der Waals surface area (Å²) < 4.78 is 10.2. The Balaban J connectivity index is 2.10. The fourth-order valence-corrected chi connectivity index (χ4v) is 3.48. The van der Waals surface area contributed by atoms with Crippen molar-refractivity contribution in [3.8, 4) is 28.7 Å². The van der Waals surface area contributed by atoms with Crippen molar-refractivity contribution in [2.24, 2.45) is 0 Å². The number of benzene rings is 2.